The maximum absolute atomic E-state index is 12.4. The number of hydrogen-bond donors (Lipinski definition) is 3. The average molecular weight is 344 g/mol. The molecule has 0 aromatic carbocycles. The highest BCUT2D eigenvalue weighted by atomic mass is 16.5. The van der Waals surface area contributed by atoms with Crippen molar-refractivity contribution in [1.29, 1.82) is 0 Å². The Morgan fingerprint density at radius 1 is 0.917 bits per heavy atom. The van der Waals surface area contributed by atoms with Crippen LogP contribution in [0, 0.1) is 10.8 Å². The predicted octanol–water partition coefficient (Wildman–Crippen LogP) is 1.24. The Labute approximate surface area is 144 Å². The molecule has 6 heteroatoms. The van der Waals surface area contributed by atoms with Gasteiger partial charge in [0, 0.05) is 18.3 Å². The molecule has 1 saturated heterocycles. The first-order chi connectivity index (χ1) is 10.7. The Balaban J connectivity index is 2.77. The van der Waals surface area contributed by atoms with Gasteiger partial charge in [0.2, 0.25) is 0 Å². The molecule has 1 aliphatic rings. The van der Waals surface area contributed by atoms with E-state index in [1.54, 1.807) is 20.8 Å². The van der Waals surface area contributed by atoms with E-state index in [-0.39, 0.29) is 29.8 Å². The SMILES string of the molecule is CC(C)(C)CC(=O)CCC1OC(C(=O)C(C)(C)C)C(O)C(O)C1O. The van der Waals surface area contributed by atoms with Gasteiger partial charge in [0.05, 0.1) is 6.10 Å². The molecule has 0 aromatic heterocycles. The summed E-state index contributed by atoms with van der Waals surface area (Å²) in [6.07, 6.45) is -5.54. The van der Waals surface area contributed by atoms with E-state index in [0.29, 0.717) is 6.42 Å². The van der Waals surface area contributed by atoms with Gasteiger partial charge in [-0.05, 0) is 11.8 Å². The van der Waals surface area contributed by atoms with Gasteiger partial charge in [-0.1, -0.05) is 41.5 Å². The highest BCUT2D eigenvalue weighted by Crippen LogP contribution is 2.30. The van der Waals surface area contributed by atoms with E-state index in [9.17, 15) is 24.9 Å². The van der Waals surface area contributed by atoms with Gasteiger partial charge in [0.25, 0.3) is 0 Å². The lowest BCUT2D eigenvalue weighted by Gasteiger charge is -2.41. The maximum Gasteiger partial charge on any atom is 0.169 e. The van der Waals surface area contributed by atoms with Crippen LogP contribution in [0.5, 0.6) is 0 Å². The summed E-state index contributed by atoms with van der Waals surface area (Å²) in [4.78, 5) is 24.4. The lowest BCUT2D eigenvalue weighted by Crippen LogP contribution is -2.61. The molecule has 3 N–H and O–H groups in total. The van der Waals surface area contributed by atoms with E-state index < -0.39 is 35.9 Å². The molecule has 1 aliphatic heterocycles. The zero-order valence-corrected chi connectivity index (χ0v) is 15.6. The third kappa shape index (κ3) is 5.62. The van der Waals surface area contributed by atoms with Crippen LogP contribution in [-0.2, 0) is 14.3 Å². The monoisotopic (exact) mass is 344 g/mol. The first-order valence-corrected chi connectivity index (χ1v) is 8.50. The molecule has 1 heterocycles. The molecular weight excluding hydrogens is 312 g/mol. The molecule has 140 valence electrons. The van der Waals surface area contributed by atoms with Gasteiger partial charge in [-0.25, -0.2) is 0 Å². The minimum absolute atomic E-state index is 0.0395. The second-order valence-electron chi connectivity index (χ2n) is 9.00. The highest BCUT2D eigenvalue weighted by molar-refractivity contribution is 5.88. The lowest BCUT2D eigenvalue weighted by molar-refractivity contribution is -0.223. The van der Waals surface area contributed by atoms with Gasteiger partial charge >= 0.3 is 0 Å². The summed E-state index contributed by atoms with van der Waals surface area (Å²) in [5.41, 5.74) is -0.871. The molecule has 5 unspecified atom stereocenters. The largest absolute Gasteiger partial charge is 0.388 e. The summed E-state index contributed by atoms with van der Waals surface area (Å²) in [7, 11) is 0. The molecule has 0 bridgehead atoms. The number of ether oxygens (including phenoxy) is 1. The Hall–Kier alpha value is -0.820. The topological polar surface area (TPSA) is 104 Å². The Bertz CT molecular complexity index is 459. The summed E-state index contributed by atoms with van der Waals surface area (Å²) < 4.78 is 5.59. The number of hydrogen-bond acceptors (Lipinski definition) is 6. The van der Waals surface area contributed by atoms with Crippen molar-refractivity contribution in [2.75, 3.05) is 0 Å². The van der Waals surface area contributed by atoms with Crippen molar-refractivity contribution in [3.8, 4) is 0 Å². The standard InChI is InChI=1S/C18H32O6/c1-17(2,3)9-10(19)7-8-11-12(20)13(21)14(22)15(24-11)16(23)18(4,5)6/h11-15,20-22H,7-9H2,1-6H3. The van der Waals surface area contributed by atoms with Crippen LogP contribution in [0.4, 0.5) is 0 Å². The predicted molar refractivity (Wildman–Crippen MR) is 89.5 cm³/mol. The Kier molecular flexibility index (Phi) is 6.72. The number of aliphatic hydroxyl groups is 3. The van der Waals surface area contributed by atoms with Gasteiger partial charge in [0.1, 0.15) is 30.2 Å². The van der Waals surface area contributed by atoms with Gasteiger partial charge in [-0.15, -0.1) is 0 Å². The van der Waals surface area contributed by atoms with Crippen LogP contribution in [0.15, 0.2) is 0 Å². The van der Waals surface area contributed by atoms with Crippen molar-refractivity contribution in [2.45, 2.75) is 91.3 Å². The Morgan fingerprint density at radius 3 is 1.92 bits per heavy atom. The molecule has 0 aliphatic carbocycles. The summed E-state index contributed by atoms with van der Waals surface area (Å²) in [6, 6.07) is 0. The molecule has 6 nitrogen and oxygen atoms in total. The van der Waals surface area contributed by atoms with Crippen LogP contribution in [0.1, 0.15) is 60.8 Å². The molecule has 5 atom stereocenters. The third-order valence-corrected chi connectivity index (χ3v) is 4.15. The van der Waals surface area contributed by atoms with Gasteiger partial charge in [-0.2, -0.15) is 0 Å². The summed E-state index contributed by atoms with van der Waals surface area (Å²) in [6.45, 7) is 11.0. The number of Topliss-reactive ketones (excluding diaryl/α,β-unsaturated/α-hetero) is 2. The Morgan fingerprint density at radius 2 is 1.46 bits per heavy atom. The van der Waals surface area contributed by atoms with Crippen molar-refractivity contribution in [2.24, 2.45) is 10.8 Å². The fraction of sp³-hybridized carbons (Fsp3) is 0.889. The second-order valence-corrected chi connectivity index (χ2v) is 9.00. The van der Waals surface area contributed by atoms with Crippen LogP contribution in [0.3, 0.4) is 0 Å². The smallest absolute Gasteiger partial charge is 0.169 e. The average Bonchev–Trinajstić information content (AvgIpc) is 2.40. The first kappa shape index (κ1) is 21.2. The number of ketones is 2. The summed E-state index contributed by atoms with van der Waals surface area (Å²) in [5, 5.41) is 30.2. The van der Waals surface area contributed by atoms with E-state index in [0.717, 1.165) is 0 Å². The first-order valence-electron chi connectivity index (χ1n) is 8.50. The molecule has 0 amide bonds. The van der Waals surface area contributed by atoms with Crippen molar-refractivity contribution < 1.29 is 29.6 Å². The summed E-state index contributed by atoms with van der Waals surface area (Å²) in [5.74, 6) is -0.301. The summed E-state index contributed by atoms with van der Waals surface area (Å²) >= 11 is 0. The number of carbonyl (C=O) groups is 2. The zero-order valence-electron chi connectivity index (χ0n) is 15.6. The van der Waals surface area contributed by atoms with Crippen LogP contribution in [0.25, 0.3) is 0 Å². The van der Waals surface area contributed by atoms with Gasteiger partial charge in [-0.3, -0.25) is 9.59 Å². The minimum Gasteiger partial charge on any atom is -0.388 e. The van der Waals surface area contributed by atoms with Crippen molar-refractivity contribution in [3.63, 3.8) is 0 Å². The zero-order chi connectivity index (χ0) is 18.9. The highest BCUT2D eigenvalue weighted by Gasteiger charge is 2.48. The molecule has 1 rings (SSSR count). The molecule has 0 spiro atoms. The molecule has 24 heavy (non-hydrogen) atoms. The van der Waals surface area contributed by atoms with Gasteiger partial charge in [0.15, 0.2) is 5.78 Å². The normalized spacial score (nSPS) is 31.8. The molecule has 0 saturated carbocycles. The second kappa shape index (κ2) is 7.60. The van der Waals surface area contributed by atoms with Crippen molar-refractivity contribution in [1.82, 2.24) is 0 Å². The minimum atomic E-state index is -1.48. The number of carbonyl (C=O) groups excluding carboxylic acids is 2. The van der Waals surface area contributed by atoms with E-state index in [1.165, 1.54) is 0 Å². The van der Waals surface area contributed by atoms with E-state index in [1.807, 2.05) is 20.8 Å². The van der Waals surface area contributed by atoms with E-state index >= 15 is 0 Å². The van der Waals surface area contributed by atoms with Crippen molar-refractivity contribution in [3.05, 3.63) is 0 Å². The van der Waals surface area contributed by atoms with Crippen molar-refractivity contribution >= 4 is 11.6 Å². The molecule has 1 fully saturated rings. The molecule has 0 radical (unpaired) electrons. The number of aliphatic hydroxyl groups excluding tert-OH is 3. The van der Waals surface area contributed by atoms with E-state index in [4.69, 9.17) is 4.74 Å². The maximum atomic E-state index is 12.4. The van der Waals surface area contributed by atoms with Crippen LogP contribution in [0.2, 0.25) is 0 Å². The fourth-order valence-electron chi connectivity index (χ4n) is 2.82. The quantitative estimate of drug-likeness (QED) is 0.693. The fourth-order valence-corrected chi connectivity index (χ4v) is 2.82. The van der Waals surface area contributed by atoms with Crippen LogP contribution >= 0.6 is 0 Å². The van der Waals surface area contributed by atoms with E-state index in [2.05, 4.69) is 0 Å². The van der Waals surface area contributed by atoms with Crippen LogP contribution < -0.4 is 0 Å². The third-order valence-electron chi connectivity index (χ3n) is 4.15. The molecule has 0 aromatic rings. The molecular formula is C18H32O6. The lowest BCUT2D eigenvalue weighted by atomic mass is 9.81. The number of rotatable bonds is 5. The van der Waals surface area contributed by atoms with Crippen LogP contribution in [-0.4, -0.2) is 57.4 Å². The van der Waals surface area contributed by atoms with Gasteiger partial charge < -0.3 is 20.1 Å².